The summed E-state index contributed by atoms with van der Waals surface area (Å²) in [5.74, 6) is -2.76. The Bertz CT molecular complexity index is 908. The summed E-state index contributed by atoms with van der Waals surface area (Å²) in [7, 11) is -3.17. The van der Waals surface area contributed by atoms with E-state index in [0.29, 0.717) is 19.1 Å². The number of carboxylic acids is 1. The molecule has 2 fully saturated rings. The number of ether oxygens (including phenoxy) is 1. The minimum Gasteiger partial charge on any atom is -0.475 e. The average Bonchev–Trinajstić information content (AvgIpc) is 2.74. The number of halogens is 3. The molecule has 1 aromatic carbocycles. The molecular weight excluding hydrogens is 449 g/mol. The molecule has 32 heavy (non-hydrogen) atoms. The van der Waals surface area contributed by atoms with Crippen molar-refractivity contribution in [1.82, 2.24) is 9.21 Å². The summed E-state index contributed by atoms with van der Waals surface area (Å²) in [6.45, 7) is 4.99. The topological polar surface area (TPSA) is 87.2 Å². The molecule has 0 unspecified atom stereocenters. The summed E-state index contributed by atoms with van der Waals surface area (Å²) in [5.41, 5.74) is 2.53. The van der Waals surface area contributed by atoms with Gasteiger partial charge in [-0.05, 0) is 49.9 Å². The summed E-state index contributed by atoms with van der Waals surface area (Å²) in [6, 6.07) is 9.07. The lowest BCUT2D eigenvalue weighted by molar-refractivity contribution is -0.192. The number of nitrogens with zero attached hydrogens (tertiary/aromatic N) is 2. The van der Waals surface area contributed by atoms with Gasteiger partial charge in [0.15, 0.2) is 0 Å². The van der Waals surface area contributed by atoms with Gasteiger partial charge in [0.05, 0.1) is 6.26 Å². The van der Waals surface area contributed by atoms with E-state index in [1.54, 1.807) is 4.31 Å². The van der Waals surface area contributed by atoms with E-state index in [1.807, 2.05) is 6.07 Å². The summed E-state index contributed by atoms with van der Waals surface area (Å²) < 4.78 is 63.4. The van der Waals surface area contributed by atoms with Crippen LogP contribution in [0.4, 0.5) is 13.2 Å². The smallest absolute Gasteiger partial charge is 0.475 e. The zero-order valence-corrected chi connectivity index (χ0v) is 18.8. The quantitative estimate of drug-likeness (QED) is 0.703. The molecule has 0 atom stereocenters. The second-order valence-electron chi connectivity index (χ2n) is 8.65. The predicted molar refractivity (Wildman–Crippen MR) is 112 cm³/mol. The number of hydrogen-bond donors (Lipinski definition) is 1. The molecule has 0 radical (unpaired) electrons. The maximum absolute atomic E-state index is 12.2. The van der Waals surface area contributed by atoms with Gasteiger partial charge in [-0.1, -0.05) is 24.3 Å². The van der Waals surface area contributed by atoms with Crippen LogP contribution in [0.3, 0.4) is 0 Å². The van der Waals surface area contributed by atoms with Crippen molar-refractivity contribution in [2.75, 3.05) is 39.1 Å². The van der Waals surface area contributed by atoms with Crippen LogP contribution in [0.2, 0.25) is 0 Å². The minimum absolute atomic E-state index is 0.0282. The van der Waals surface area contributed by atoms with Gasteiger partial charge in [0, 0.05) is 37.8 Å². The first-order chi connectivity index (χ1) is 14.9. The number of benzene rings is 1. The van der Waals surface area contributed by atoms with E-state index in [4.69, 9.17) is 14.6 Å². The third kappa shape index (κ3) is 5.81. The van der Waals surface area contributed by atoms with Crippen LogP contribution >= 0.6 is 0 Å². The van der Waals surface area contributed by atoms with Crippen molar-refractivity contribution in [3.63, 3.8) is 0 Å². The van der Waals surface area contributed by atoms with Crippen LogP contribution in [-0.4, -0.2) is 80.0 Å². The Hall–Kier alpha value is -1.69. The third-order valence-electron chi connectivity index (χ3n) is 6.59. The molecule has 2 saturated heterocycles. The van der Waals surface area contributed by atoms with Crippen molar-refractivity contribution in [2.24, 2.45) is 0 Å². The molecule has 11 heteroatoms. The summed E-state index contributed by atoms with van der Waals surface area (Å²) in [4.78, 5) is 11.5. The lowest BCUT2D eigenvalue weighted by Crippen LogP contribution is -2.55. The summed E-state index contributed by atoms with van der Waals surface area (Å²) >= 11 is 0. The molecule has 1 aromatic rings. The first kappa shape index (κ1) is 24.9. The first-order valence-corrected chi connectivity index (χ1v) is 12.4. The molecule has 7 nitrogen and oxygen atoms in total. The van der Waals surface area contributed by atoms with Crippen molar-refractivity contribution < 1.29 is 36.2 Å². The van der Waals surface area contributed by atoms with Crippen molar-refractivity contribution >= 4 is 16.0 Å². The molecule has 3 heterocycles. The number of alkyl halides is 3. The Kier molecular flexibility index (Phi) is 7.53. The number of fused-ring (bicyclic) bond motifs is 2. The normalized spacial score (nSPS) is 22.6. The second kappa shape index (κ2) is 9.66. The van der Waals surface area contributed by atoms with Crippen LogP contribution in [0.15, 0.2) is 24.3 Å². The lowest BCUT2D eigenvalue weighted by Gasteiger charge is -2.49. The number of hydrogen-bond acceptors (Lipinski definition) is 5. The van der Waals surface area contributed by atoms with Gasteiger partial charge in [-0.15, -0.1) is 0 Å². The maximum atomic E-state index is 12.2. The number of carboxylic acid groups (broad SMARTS) is 1. The molecule has 1 spiro atoms. The van der Waals surface area contributed by atoms with Gasteiger partial charge < -0.3 is 14.7 Å². The second-order valence-corrected chi connectivity index (χ2v) is 10.6. The Morgan fingerprint density at radius 3 is 2.25 bits per heavy atom. The molecule has 0 aliphatic carbocycles. The van der Waals surface area contributed by atoms with E-state index in [1.165, 1.54) is 17.4 Å². The van der Waals surface area contributed by atoms with Crippen molar-refractivity contribution in [1.29, 1.82) is 0 Å². The third-order valence-corrected chi connectivity index (χ3v) is 7.78. The fourth-order valence-corrected chi connectivity index (χ4v) is 5.73. The van der Waals surface area contributed by atoms with Crippen LogP contribution in [0, 0.1) is 0 Å². The Morgan fingerprint density at radius 2 is 1.72 bits per heavy atom. The number of sulfonamides is 1. The van der Waals surface area contributed by atoms with Crippen LogP contribution in [0.5, 0.6) is 0 Å². The van der Waals surface area contributed by atoms with Gasteiger partial charge >= 0.3 is 12.1 Å². The van der Waals surface area contributed by atoms with Gasteiger partial charge in [-0.2, -0.15) is 17.5 Å². The fourth-order valence-electron chi connectivity index (χ4n) is 4.87. The Balaban J connectivity index is 0.000000360. The van der Waals surface area contributed by atoms with Crippen LogP contribution in [-0.2, 0) is 31.5 Å². The van der Waals surface area contributed by atoms with Gasteiger partial charge in [0.1, 0.15) is 0 Å². The van der Waals surface area contributed by atoms with Gasteiger partial charge in [-0.3, -0.25) is 0 Å². The molecule has 0 amide bonds. The van der Waals surface area contributed by atoms with E-state index >= 15 is 0 Å². The molecule has 0 saturated carbocycles. The molecular formula is C21H29F3N2O5S. The van der Waals surface area contributed by atoms with E-state index in [9.17, 15) is 21.6 Å². The van der Waals surface area contributed by atoms with Crippen LogP contribution in [0.25, 0.3) is 0 Å². The van der Waals surface area contributed by atoms with E-state index in [0.717, 1.165) is 52.0 Å². The zero-order chi connectivity index (χ0) is 23.6. The average molecular weight is 479 g/mol. The van der Waals surface area contributed by atoms with Gasteiger partial charge in [0.2, 0.25) is 10.0 Å². The number of likely N-dealkylation sites (tertiary alicyclic amines) is 1. The van der Waals surface area contributed by atoms with E-state index in [2.05, 4.69) is 23.1 Å². The maximum Gasteiger partial charge on any atom is 0.490 e. The molecule has 0 bridgehead atoms. The number of piperidine rings is 1. The Labute approximate surface area is 186 Å². The highest BCUT2D eigenvalue weighted by atomic mass is 32.2. The predicted octanol–water partition coefficient (Wildman–Crippen LogP) is 2.61. The van der Waals surface area contributed by atoms with Gasteiger partial charge in [-0.25, -0.2) is 13.2 Å². The molecule has 3 aliphatic rings. The highest BCUT2D eigenvalue weighted by Gasteiger charge is 2.44. The van der Waals surface area contributed by atoms with Crippen molar-refractivity contribution in [2.45, 2.75) is 49.9 Å². The van der Waals surface area contributed by atoms with Gasteiger partial charge in [0.25, 0.3) is 0 Å². The molecule has 4 rings (SSSR count). The van der Waals surface area contributed by atoms with E-state index in [-0.39, 0.29) is 5.41 Å². The van der Waals surface area contributed by atoms with Crippen molar-refractivity contribution in [3.8, 4) is 0 Å². The SMILES string of the molecule is CS(=O)(=O)N1Cc2ccccc2C2(CCN(C3CCOCC3)CC2)C1.O=C(O)C(F)(F)F. The lowest BCUT2D eigenvalue weighted by atomic mass is 9.69. The summed E-state index contributed by atoms with van der Waals surface area (Å²) in [5, 5.41) is 7.12. The van der Waals surface area contributed by atoms with Crippen LogP contribution < -0.4 is 0 Å². The molecule has 180 valence electrons. The summed E-state index contributed by atoms with van der Waals surface area (Å²) in [6.07, 6.45) is 0.574. The standard InChI is InChI=1S/C19H28N2O3S.C2HF3O2/c1-25(22,23)21-14-16-4-2-3-5-18(16)19(15-21)8-10-20(11-9-19)17-6-12-24-13-7-17;3-2(4,5)1(6)7/h2-5,17H,6-15H2,1H3;(H,6,7). The number of carbonyl (C=O) groups is 1. The largest absolute Gasteiger partial charge is 0.490 e. The van der Waals surface area contributed by atoms with E-state index < -0.39 is 22.2 Å². The van der Waals surface area contributed by atoms with Crippen LogP contribution in [0.1, 0.15) is 36.8 Å². The highest BCUT2D eigenvalue weighted by molar-refractivity contribution is 7.88. The molecule has 0 aromatic heterocycles. The minimum atomic E-state index is -5.08. The highest BCUT2D eigenvalue weighted by Crippen LogP contribution is 2.43. The van der Waals surface area contributed by atoms with Crippen molar-refractivity contribution in [3.05, 3.63) is 35.4 Å². The fraction of sp³-hybridized carbons (Fsp3) is 0.667. The monoisotopic (exact) mass is 478 g/mol. The molecule has 3 aliphatic heterocycles. The molecule has 1 N–H and O–H groups in total. The Morgan fingerprint density at radius 1 is 1.16 bits per heavy atom. The number of aliphatic carboxylic acids is 1. The zero-order valence-electron chi connectivity index (χ0n) is 18.0. The number of rotatable bonds is 2. The first-order valence-electron chi connectivity index (χ1n) is 10.6.